The van der Waals surface area contributed by atoms with Gasteiger partial charge >= 0.3 is 96.4 Å². The van der Waals surface area contributed by atoms with E-state index < -0.39 is 6.19 Å². The molecule has 0 saturated carbocycles. The third kappa shape index (κ3) is 6.05. The van der Waals surface area contributed by atoms with Crippen molar-refractivity contribution in [2.75, 3.05) is 0 Å². The Morgan fingerprint density at radius 3 is 1.25 bits per heavy atom. The molecule has 0 radical (unpaired) electrons. The first kappa shape index (κ1) is 22.2. The van der Waals surface area contributed by atoms with Gasteiger partial charge in [0.25, 0.3) is 0 Å². The molecule has 0 spiro atoms. The van der Waals surface area contributed by atoms with Gasteiger partial charge in [-0.05, 0) is 0 Å². The molecular formula is C30H26SiTi-2. The van der Waals surface area contributed by atoms with Crippen molar-refractivity contribution in [2.24, 2.45) is 0 Å². The van der Waals surface area contributed by atoms with Gasteiger partial charge in [0.05, 0.1) is 0 Å². The molecule has 0 aliphatic heterocycles. The molecule has 6 aromatic carbocycles. The Morgan fingerprint density at radius 2 is 0.844 bits per heavy atom. The molecule has 32 heavy (non-hydrogen) atoms. The first-order chi connectivity index (χ1) is 15.8. The Bertz CT molecular complexity index is 1220. The average molecular weight is 462 g/mol. The van der Waals surface area contributed by atoms with Crippen LogP contribution in [0.15, 0.2) is 146 Å². The summed E-state index contributed by atoms with van der Waals surface area (Å²) >= 11 is 2.34. The quantitative estimate of drug-likeness (QED) is 0.199. The molecule has 0 fully saturated rings. The van der Waals surface area contributed by atoms with Crippen molar-refractivity contribution < 1.29 is 22.0 Å². The molecular weight excluding hydrogens is 436 g/mol. The molecule has 0 saturated heterocycles. The van der Waals surface area contributed by atoms with E-state index in [9.17, 15) is 0 Å². The topological polar surface area (TPSA) is 0 Å². The summed E-state index contributed by atoms with van der Waals surface area (Å²) in [6, 6.07) is 50.9. The molecule has 0 nitrogen and oxygen atoms in total. The minimum absolute atomic E-state index is 0. The fourth-order valence-electron chi connectivity index (χ4n) is 3.52. The first-order valence-electron chi connectivity index (χ1n) is 10.7. The smallest absolute Gasteiger partial charge is 0.0809 e. The second-order valence-corrected chi connectivity index (χ2v) is 11.7. The largest absolute Gasteiger partial charge is 0.168 e. The zero-order valence-corrected chi connectivity index (χ0v) is 20.4. The Balaban J connectivity index is 0.000000181. The SMILES string of the molecule is [H-].[H-].[Ti+2]=[Si](c1ccccc1)c1ccccc1.c1ccc2[cH-]ccc2c1.c1ccc2[cH-]ccc2c1. The van der Waals surface area contributed by atoms with Crippen LogP contribution in [0, 0.1) is 0 Å². The first-order valence-corrected chi connectivity index (χ1v) is 14.6. The Labute approximate surface area is 205 Å². The van der Waals surface area contributed by atoms with E-state index in [0.29, 0.717) is 0 Å². The van der Waals surface area contributed by atoms with Gasteiger partial charge in [0, 0.05) is 0 Å². The van der Waals surface area contributed by atoms with Crippen molar-refractivity contribution in [1.29, 1.82) is 0 Å². The molecule has 2 heteroatoms. The summed E-state index contributed by atoms with van der Waals surface area (Å²) in [5, 5.41) is 8.28. The maximum Gasteiger partial charge on any atom is -0.0809 e. The van der Waals surface area contributed by atoms with Gasteiger partial charge in [0.15, 0.2) is 0 Å². The molecule has 0 heterocycles. The van der Waals surface area contributed by atoms with Crippen LogP contribution in [0.1, 0.15) is 2.85 Å². The zero-order valence-electron chi connectivity index (χ0n) is 19.9. The van der Waals surface area contributed by atoms with Gasteiger partial charge in [-0.2, -0.15) is 35.0 Å². The van der Waals surface area contributed by atoms with Gasteiger partial charge in [-0.25, -0.2) is 0 Å². The summed E-state index contributed by atoms with van der Waals surface area (Å²) in [5.74, 6) is 0. The van der Waals surface area contributed by atoms with E-state index >= 15 is 0 Å². The Morgan fingerprint density at radius 1 is 0.469 bits per heavy atom. The zero-order chi connectivity index (χ0) is 22.0. The third-order valence-corrected chi connectivity index (χ3v) is 9.75. The predicted octanol–water partition coefficient (Wildman–Crippen LogP) is 6.68. The van der Waals surface area contributed by atoms with Gasteiger partial charge in [-0.1, -0.05) is 12.1 Å². The molecule has 0 amide bonds. The number of rotatable bonds is 2. The number of hydrogen-bond acceptors (Lipinski definition) is 0. The van der Waals surface area contributed by atoms with Crippen LogP contribution in [0.2, 0.25) is 0 Å². The van der Waals surface area contributed by atoms with Crippen molar-refractivity contribution in [3.8, 4) is 0 Å². The van der Waals surface area contributed by atoms with Crippen molar-refractivity contribution in [3.05, 3.63) is 146 Å². The van der Waals surface area contributed by atoms with Gasteiger partial charge in [0.1, 0.15) is 0 Å². The molecule has 0 atom stereocenters. The van der Waals surface area contributed by atoms with Crippen LogP contribution in [0.3, 0.4) is 0 Å². The Hall–Kier alpha value is -2.97. The van der Waals surface area contributed by atoms with Crippen molar-refractivity contribution in [2.45, 2.75) is 0 Å². The molecule has 0 unspecified atom stereocenters. The van der Waals surface area contributed by atoms with Crippen molar-refractivity contribution >= 4 is 38.1 Å². The second kappa shape index (κ2) is 11.6. The third-order valence-electron chi connectivity index (χ3n) is 5.22. The minimum atomic E-state index is -0.545. The minimum Gasteiger partial charge on any atom is -0.168 e. The molecule has 0 N–H and O–H groups in total. The van der Waals surface area contributed by atoms with Crippen LogP contribution in [0.5, 0.6) is 0 Å². The molecule has 0 bridgehead atoms. The van der Waals surface area contributed by atoms with Gasteiger partial charge in [-0.15, -0.1) is 59.3 Å². The van der Waals surface area contributed by atoms with Gasteiger partial charge < -0.3 is 2.85 Å². The second-order valence-electron chi connectivity index (χ2n) is 7.42. The monoisotopic (exact) mass is 462 g/mol. The fraction of sp³-hybridized carbons (Fsp3) is 0. The summed E-state index contributed by atoms with van der Waals surface area (Å²) in [4.78, 5) is 0. The fourth-order valence-corrected chi connectivity index (χ4v) is 6.46. The van der Waals surface area contributed by atoms with E-state index in [-0.39, 0.29) is 2.85 Å². The normalized spacial score (nSPS) is 10.1. The van der Waals surface area contributed by atoms with Crippen LogP contribution < -0.4 is 10.4 Å². The maximum atomic E-state index is 2.34. The number of fused-ring (bicyclic) bond motifs is 2. The summed E-state index contributed by atoms with van der Waals surface area (Å²) in [7, 11) is 0. The molecule has 0 aromatic heterocycles. The molecule has 6 rings (SSSR count). The van der Waals surface area contributed by atoms with Crippen LogP contribution in [-0.4, -0.2) is 6.19 Å². The van der Waals surface area contributed by atoms with E-state index in [0.717, 1.165) is 0 Å². The summed E-state index contributed by atoms with van der Waals surface area (Å²) < 4.78 is 0. The Kier molecular flexibility index (Phi) is 8.06. The van der Waals surface area contributed by atoms with Gasteiger partial charge in [0.2, 0.25) is 0 Å². The molecule has 156 valence electrons. The van der Waals surface area contributed by atoms with Gasteiger partial charge in [-0.3, -0.25) is 0 Å². The predicted molar refractivity (Wildman–Crippen MR) is 139 cm³/mol. The summed E-state index contributed by atoms with van der Waals surface area (Å²) in [6.45, 7) is 0. The van der Waals surface area contributed by atoms with Crippen LogP contribution in [0.4, 0.5) is 0 Å². The average Bonchev–Trinajstić information content (AvgIpc) is 3.55. The van der Waals surface area contributed by atoms with E-state index in [1.165, 1.54) is 31.9 Å². The standard InChI is InChI=1S/C12H10Si.2C9H7.Ti.2H/c1-3-7-11(8-4-1)13-12-9-5-2-6-10-12;2*1-2-5-9-7-3-6-8(9)4-1;;;/h1-10H;2*1-7H;;;/q;2*-1;+2;2*-1. The van der Waals surface area contributed by atoms with Crippen molar-refractivity contribution in [3.63, 3.8) is 0 Å². The maximum absolute atomic E-state index is 2.34. The van der Waals surface area contributed by atoms with E-state index in [1.54, 1.807) is 0 Å². The number of hydrogen-bond donors (Lipinski definition) is 0. The molecule has 6 aromatic rings. The van der Waals surface area contributed by atoms with Crippen LogP contribution >= 0.6 is 0 Å². The summed E-state index contributed by atoms with van der Waals surface area (Å²) in [5.41, 5.74) is 0. The van der Waals surface area contributed by atoms with Crippen LogP contribution in [-0.2, 0) is 19.2 Å². The number of benzene rings is 4. The van der Waals surface area contributed by atoms with E-state index in [2.05, 4.69) is 165 Å². The molecule has 0 aliphatic carbocycles. The van der Waals surface area contributed by atoms with E-state index in [1.807, 2.05) is 0 Å². The van der Waals surface area contributed by atoms with Crippen molar-refractivity contribution in [1.82, 2.24) is 0 Å². The molecule has 0 aliphatic rings. The van der Waals surface area contributed by atoms with Crippen LogP contribution in [0.25, 0.3) is 21.5 Å². The van der Waals surface area contributed by atoms with E-state index in [4.69, 9.17) is 0 Å². The summed E-state index contributed by atoms with van der Waals surface area (Å²) in [6.07, 6.45) is -0.545.